The molecule has 2 aliphatic carbocycles. The van der Waals surface area contributed by atoms with Crippen molar-refractivity contribution in [3.8, 4) is 0 Å². The van der Waals surface area contributed by atoms with E-state index in [0.717, 1.165) is 25.7 Å². The summed E-state index contributed by atoms with van der Waals surface area (Å²) in [4.78, 5) is 0. The molecule has 0 aromatic carbocycles. The highest BCUT2D eigenvalue weighted by Gasteiger charge is 2.41. The van der Waals surface area contributed by atoms with E-state index in [1.54, 1.807) is 0 Å². The standard InChI is InChI=1S/C11H18O/c1-9-5-4-8-11(12)7-3-2-6-10(9)11/h10,12H,1-8H2/t10-,11+/m1/s1. The minimum Gasteiger partial charge on any atom is -0.389 e. The number of hydrogen-bond acceptors (Lipinski definition) is 1. The van der Waals surface area contributed by atoms with E-state index in [9.17, 15) is 5.11 Å². The Labute approximate surface area is 74.5 Å². The van der Waals surface area contributed by atoms with Crippen molar-refractivity contribution in [2.75, 3.05) is 0 Å². The molecule has 0 heterocycles. The van der Waals surface area contributed by atoms with Crippen molar-refractivity contribution in [3.05, 3.63) is 12.2 Å². The van der Waals surface area contributed by atoms with Gasteiger partial charge in [0, 0.05) is 5.92 Å². The van der Waals surface area contributed by atoms with Gasteiger partial charge in [0.05, 0.1) is 5.60 Å². The first kappa shape index (κ1) is 8.31. The summed E-state index contributed by atoms with van der Waals surface area (Å²) in [5, 5.41) is 10.3. The van der Waals surface area contributed by atoms with Gasteiger partial charge in [0.1, 0.15) is 0 Å². The summed E-state index contributed by atoms with van der Waals surface area (Å²) in [6.07, 6.45) is 7.98. The van der Waals surface area contributed by atoms with Crippen molar-refractivity contribution in [2.24, 2.45) is 5.92 Å². The maximum absolute atomic E-state index is 10.3. The van der Waals surface area contributed by atoms with Crippen LogP contribution in [-0.2, 0) is 0 Å². The first-order valence-corrected chi connectivity index (χ1v) is 5.12. The molecule has 2 saturated carbocycles. The highest BCUT2D eigenvalue weighted by molar-refractivity contribution is 5.13. The Morgan fingerprint density at radius 2 is 2.00 bits per heavy atom. The molecular formula is C11H18O. The number of rotatable bonds is 0. The Balaban J connectivity index is 2.18. The van der Waals surface area contributed by atoms with E-state index >= 15 is 0 Å². The molecule has 0 aromatic rings. The van der Waals surface area contributed by atoms with E-state index in [1.165, 1.54) is 24.8 Å². The molecule has 0 amide bonds. The van der Waals surface area contributed by atoms with E-state index in [-0.39, 0.29) is 5.60 Å². The van der Waals surface area contributed by atoms with Crippen molar-refractivity contribution in [2.45, 2.75) is 50.5 Å². The number of fused-ring (bicyclic) bond motifs is 1. The Kier molecular flexibility index (Phi) is 1.99. The molecule has 0 spiro atoms. The van der Waals surface area contributed by atoms with Gasteiger partial charge in [-0.05, 0) is 32.1 Å². The summed E-state index contributed by atoms with van der Waals surface area (Å²) in [7, 11) is 0. The van der Waals surface area contributed by atoms with Crippen LogP contribution in [0.5, 0.6) is 0 Å². The first-order valence-electron chi connectivity index (χ1n) is 5.12. The molecule has 0 bridgehead atoms. The summed E-state index contributed by atoms with van der Waals surface area (Å²) < 4.78 is 0. The predicted octanol–water partition coefficient (Wildman–Crippen LogP) is 2.65. The van der Waals surface area contributed by atoms with E-state index < -0.39 is 0 Å². The largest absolute Gasteiger partial charge is 0.389 e. The van der Waals surface area contributed by atoms with Crippen molar-refractivity contribution in [1.29, 1.82) is 0 Å². The minimum atomic E-state index is -0.354. The molecule has 2 aliphatic rings. The van der Waals surface area contributed by atoms with Crippen molar-refractivity contribution < 1.29 is 5.11 Å². The molecule has 0 aliphatic heterocycles. The molecular weight excluding hydrogens is 148 g/mol. The second-order valence-electron chi connectivity index (χ2n) is 4.41. The second-order valence-corrected chi connectivity index (χ2v) is 4.41. The van der Waals surface area contributed by atoms with Crippen LogP contribution in [0.1, 0.15) is 44.9 Å². The van der Waals surface area contributed by atoms with Gasteiger partial charge < -0.3 is 5.11 Å². The van der Waals surface area contributed by atoms with Crippen molar-refractivity contribution in [1.82, 2.24) is 0 Å². The van der Waals surface area contributed by atoms with Gasteiger partial charge in [-0.1, -0.05) is 25.0 Å². The third-order valence-corrected chi connectivity index (χ3v) is 3.60. The normalized spacial score (nSPS) is 42.4. The van der Waals surface area contributed by atoms with E-state index in [2.05, 4.69) is 6.58 Å². The van der Waals surface area contributed by atoms with Crippen molar-refractivity contribution in [3.63, 3.8) is 0 Å². The summed E-state index contributed by atoms with van der Waals surface area (Å²) >= 11 is 0. The van der Waals surface area contributed by atoms with Crippen LogP contribution in [0.4, 0.5) is 0 Å². The van der Waals surface area contributed by atoms with Gasteiger partial charge in [-0.3, -0.25) is 0 Å². The van der Waals surface area contributed by atoms with Gasteiger partial charge >= 0.3 is 0 Å². The average molecular weight is 166 g/mol. The number of aliphatic hydroxyl groups is 1. The molecule has 0 aromatic heterocycles. The fourth-order valence-electron chi connectivity index (χ4n) is 2.90. The van der Waals surface area contributed by atoms with Gasteiger partial charge in [0.2, 0.25) is 0 Å². The van der Waals surface area contributed by atoms with Crippen LogP contribution in [-0.4, -0.2) is 10.7 Å². The van der Waals surface area contributed by atoms with Crippen molar-refractivity contribution >= 4 is 0 Å². The SMILES string of the molecule is C=C1CCC[C@@]2(O)CCCC[C@H]12. The fraction of sp³-hybridized carbons (Fsp3) is 0.818. The monoisotopic (exact) mass is 166 g/mol. The second kappa shape index (κ2) is 2.88. The van der Waals surface area contributed by atoms with Gasteiger partial charge in [-0.2, -0.15) is 0 Å². The molecule has 0 saturated heterocycles. The molecule has 2 atom stereocenters. The quantitative estimate of drug-likeness (QED) is 0.548. The molecule has 2 rings (SSSR count). The zero-order valence-electron chi connectivity index (χ0n) is 7.68. The van der Waals surface area contributed by atoms with Crippen LogP contribution in [0, 0.1) is 5.92 Å². The van der Waals surface area contributed by atoms with Crippen LogP contribution in [0.25, 0.3) is 0 Å². The Bertz CT molecular complexity index is 193. The van der Waals surface area contributed by atoms with Crippen LogP contribution in [0.2, 0.25) is 0 Å². The zero-order valence-corrected chi connectivity index (χ0v) is 7.68. The van der Waals surface area contributed by atoms with Crippen LogP contribution >= 0.6 is 0 Å². The maximum atomic E-state index is 10.3. The lowest BCUT2D eigenvalue weighted by molar-refractivity contribution is -0.0533. The van der Waals surface area contributed by atoms with Gasteiger partial charge in [0.25, 0.3) is 0 Å². The molecule has 12 heavy (non-hydrogen) atoms. The van der Waals surface area contributed by atoms with E-state index in [1.807, 2.05) is 0 Å². The lowest BCUT2D eigenvalue weighted by Gasteiger charge is -2.44. The summed E-state index contributed by atoms with van der Waals surface area (Å²) in [6, 6.07) is 0. The average Bonchev–Trinajstić information content (AvgIpc) is 2.04. The fourth-order valence-corrected chi connectivity index (χ4v) is 2.90. The molecule has 1 heteroatoms. The molecule has 1 N–H and O–H groups in total. The van der Waals surface area contributed by atoms with E-state index in [4.69, 9.17) is 0 Å². The topological polar surface area (TPSA) is 20.2 Å². The van der Waals surface area contributed by atoms with Gasteiger partial charge in [-0.15, -0.1) is 0 Å². The third kappa shape index (κ3) is 1.20. The molecule has 1 nitrogen and oxygen atoms in total. The Morgan fingerprint density at radius 3 is 2.75 bits per heavy atom. The Hall–Kier alpha value is -0.300. The van der Waals surface area contributed by atoms with Crippen LogP contribution in [0.3, 0.4) is 0 Å². The molecule has 0 unspecified atom stereocenters. The number of hydrogen-bond donors (Lipinski definition) is 1. The summed E-state index contributed by atoms with van der Waals surface area (Å²) in [5.74, 6) is 0.431. The molecule has 0 radical (unpaired) electrons. The molecule has 2 fully saturated rings. The highest BCUT2D eigenvalue weighted by Crippen LogP contribution is 2.45. The Morgan fingerprint density at radius 1 is 1.25 bits per heavy atom. The lowest BCUT2D eigenvalue weighted by Crippen LogP contribution is -2.43. The predicted molar refractivity (Wildman–Crippen MR) is 49.9 cm³/mol. The zero-order chi connectivity index (χ0) is 8.60. The summed E-state index contributed by atoms with van der Waals surface area (Å²) in [5.41, 5.74) is 0.955. The minimum absolute atomic E-state index is 0.354. The first-order chi connectivity index (χ1) is 5.72. The summed E-state index contributed by atoms with van der Waals surface area (Å²) in [6.45, 7) is 4.08. The molecule has 68 valence electrons. The van der Waals surface area contributed by atoms with Crippen LogP contribution in [0.15, 0.2) is 12.2 Å². The maximum Gasteiger partial charge on any atom is 0.0712 e. The smallest absolute Gasteiger partial charge is 0.0712 e. The van der Waals surface area contributed by atoms with E-state index in [0.29, 0.717) is 5.92 Å². The highest BCUT2D eigenvalue weighted by atomic mass is 16.3. The lowest BCUT2D eigenvalue weighted by atomic mass is 9.65. The third-order valence-electron chi connectivity index (χ3n) is 3.60. The van der Waals surface area contributed by atoms with Gasteiger partial charge in [-0.25, -0.2) is 0 Å². The van der Waals surface area contributed by atoms with Gasteiger partial charge in [0.15, 0.2) is 0 Å². The van der Waals surface area contributed by atoms with Crippen LogP contribution < -0.4 is 0 Å².